The van der Waals surface area contributed by atoms with Gasteiger partial charge in [0.1, 0.15) is 11.6 Å². The quantitative estimate of drug-likeness (QED) is 0.803. The largest absolute Gasteiger partial charge is 0.310 e. The van der Waals surface area contributed by atoms with Crippen LogP contribution in [0.5, 0.6) is 0 Å². The van der Waals surface area contributed by atoms with E-state index in [0.29, 0.717) is 0 Å². The molecular weight excluding hydrogens is 336 g/mol. The summed E-state index contributed by atoms with van der Waals surface area (Å²) < 4.78 is 28.7. The minimum Gasteiger partial charge on any atom is -0.310 e. The van der Waals surface area contributed by atoms with Gasteiger partial charge in [-0.05, 0) is 49.2 Å². The highest BCUT2D eigenvalue weighted by molar-refractivity contribution is 9.10. The van der Waals surface area contributed by atoms with Crippen LogP contribution >= 0.6 is 15.9 Å². The maximum atomic E-state index is 13.9. The van der Waals surface area contributed by atoms with Gasteiger partial charge in [-0.2, -0.15) is 0 Å². The summed E-state index contributed by atoms with van der Waals surface area (Å²) in [5, 5.41) is 3.32. The van der Waals surface area contributed by atoms with Gasteiger partial charge in [0.05, 0.1) is 0 Å². The average molecular weight is 354 g/mol. The van der Waals surface area contributed by atoms with E-state index in [1.807, 2.05) is 32.0 Å². The predicted molar refractivity (Wildman–Crippen MR) is 85.4 cm³/mol. The number of rotatable bonds is 5. The Morgan fingerprint density at radius 1 is 1.10 bits per heavy atom. The SMILES string of the molecule is CCNC(Cc1c(F)cccc1F)c1cccc(Br)c1C. The Hall–Kier alpha value is -1.26. The van der Waals surface area contributed by atoms with Crippen LogP contribution in [-0.2, 0) is 6.42 Å². The second-order valence-electron chi connectivity index (χ2n) is 4.97. The lowest BCUT2D eigenvalue weighted by molar-refractivity contribution is 0.498. The van der Waals surface area contributed by atoms with Gasteiger partial charge in [0, 0.05) is 16.1 Å². The zero-order chi connectivity index (χ0) is 15.4. The maximum Gasteiger partial charge on any atom is 0.129 e. The molecule has 21 heavy (non-hydrogen) atoms. The van der Waals surface area contributed by atoms with E-state index in [1.165, 1.54) is 18.2 Å². The predicted octanol–water partition coefficient (Wildman–Crippen LogP) is 4.93. The van der Waals surface area contributed by atoms with E-state index in [-0.39, 0.29) is 18.0 Å². The van der Waals surface area contributed by atoms with Crippen molar-refractivity contribution in [2.24, 2.45) is 0 Å². The number of nitrogens with one attached hydrogen (secondary N) is 1. The van der Waals surface area contributed by atoms with Crippen LogP contribution < -0.4 is 5.32 Å². The number of likely N-dealkylation sites (N-methyl/N-ethyl adjacent to an activating group) is 1. The number of halogens is 3. The molecule has 1 N–H and O–H groups in total. The zero-order valence-electron chi connectivity index (χ0n) is 12.1. The molecule has 0 radical (unpaired) electrons. The molecule has 0 saturated carbocycles. The van der Waals surface area contributed by atoms with Crippen LogP contribution in [0.4, 0.5) is 8.78 Å². The van der Waals surface area contributed by atoms with Gasteiger partial charge in [-0.1, -0.05) is 41.1 Å². The van der Waals surface area contributed by atoms with Crippen molar-refractivity contribution < 1.29 is 8.78 Å². The summed E-state index contributed by atoms with van der Waals surface area (Å²) in [6.07, 6.45) is 0.281. The van der Waals surface area contributed by atoms with Crippen molar-refractivity contribution in [3.8, 4) is 0 Å². The van der Waals surface area contributed by atoms with Crippen LogP contribution in [0, 0.1) is 18.6 Å². The summed E-state index contributed by atoms with van der Waals surface area (Å²) in [7, 11) is 0. The smallest absolute Gasteiger partial charge is 0.129 e. The van der Waals surface area contributed by atoms with Crippen LogP contribution in [0.2, 0.25) is 0 Å². The third-order valence-electron chi connectivity index (χ3n) is 3.61. The van der Waals surface area contributed by atoms with Crippen molar-refractivity contribution in [2.45, 2.75) is 26.3 Å². The fourth-order valence-electron chi connectivity index (χ4n) is 2.47. The van der Waals surface area contributed by atoms with Gasteiger partial charge in [-0.25, -0.2) is 8.78 Å². The Bertz CT molecular complexity index is 608. The van der Waals surface area contributed by atoms with Crippen molar-refractivity contribution in [2.75, 3.05) is 6.54 Å². The molecule has 0 aliphatic carbocycles. The first kappa shape index (κ1) is 16.1. The molecule has 1 unspecified atom stereocenters. The third-order valence-corrected chi connectivity index (χ3v) is 4.46. The monoisotopic (exact) mass is 353 g/mol. The van der Waals surface area contributed by atoms with Gasteiger partial charge in [0.25, 0.3) is 0 Å². The lowest BCUT2D eigenvalue weighted by atomic mass is 9.95. The van der Waals surface area contributed by atoms with Crippen molar-refractivity contribution in [3.05, 3.63) is 69.2 Å². The van der Waals surface area contributed by atoms with Crippen LogP contribution in [0.3, 0.4) is 0 Å². The summed E-state index contributed by atoms with van der Waals surface area (Å²) in [6.45, 7) is 4.71. The molecule has 0 heterocycles. The first-order valence-corrected chi connectivity index (χ1v) is 7.75. The summed E-state index contributed by atoms with van der Waals surface area (Å²) >= 11 is 3.50. The fourth-order valence-corrected chi connectivity index (χ4v) is 2.85. The normalized spacial score (nSPS) is 12.4. The van der Waals surface area contributed by atoms with Crippen molar-refractivity contribution >= 4 is 15.9 Å². The Labute approximate surface area is 132 Å². The van der Waals surface area contributed by atoms with Crippen LogP contribution in [0.15, 0.2) is 40.9 Å². The molecule has 4 heteroatoms. The van der Waals surface area contributed by atoms with Crippen LogP contribution in [0.25, 0.3) is 0 Å². The molecule has 0 spiro atoms. The van der Waals surface area contributed by atoms with Crippen molar-refractivity contribution in [1.82, 2.24) is 5.32 Å². The van der Waals surface area contributed by atoms with Gasteiger partial charge in [0.2, 0.25) is 0 Å². The fraction of sp³-hybridized carbons (Fsp3) is 0.294. The van der Waals surface area contributed by atoms with E-state index in [4.69, 9.17) is 0 Å². The van der Waals surface area contributed by atoms with E-state index >= 15 is 0 Å². The minimum absolute atomic E-state index is 0.126. The van der Waals surface area contributed by atoms with Gasteiger partial charge in [-0.3, -0.25) is 0 Å². The summed E-state index contributed by atoms with van der Waals surface area (Å²) in [5.41, 5.74) is 2.26. The lowest BCUT2D eigenvalue weighted by Crippen LogP contribution is -2.24. The first-order chi connectivity index (χ1) is 10.0. The molecule has 1 nitrogen and oxygen atoms in total. The van der Waals surface area contributed by atoms with Gasteiger partial charge < -0.3 is 5.32 Å². The Balaban J connectivity index is 2.38. The molecule has 112 valence electrons. The summed E-state index contributed by atoms with van der Waals surface area (Å²) in [6, 6.07) is 9.76. The van der Waals surface area contributed by atoms with E-state index in [2.05, 4.69) is 21.2 Å². The number of hydrogen-bond acceptors (Lipinski definition) is 1. The number of hydrogen-bond donors (Lipinski definition) is 1. The molecule has 0 saturated heterocycles. The second kappa shape index (κ2) is 7.14. The van der Waals surface area contributed by atoms with E-state index in [0.717, 1.165) is 22.1 Å². The van der Waals surface area contributed by atoms with Crippen LogP contribution in [-0.4, -0.2) is 6.54 Å². The Morgan fingerprint density at radius 3 is 2.33 bits per heavy atom. The first-order valence-electron chi connectivity index (χ1n) is 6.95. The Morgan fingerprint density at radius 2 is 1.71 bits per heavy atom. The van der Waals surface area contributed by atoms with Crippen molar-refractivity contribution in [1.29, 1.82) is 0 Å². The zero-order valence-corrected chi connectivity index (χ0v) is 13.7. The average Bonchev–Trinajstić information content (AvgIpc) is 2.45. The molecule has 0 bridgehead atoms. The third kappa shape index (κ3) is 3.69. The Kier molecular flexibility index (Phi) is 5.48. The van der Waals surface area contributed by atoms with Gasteiger partial charge >= 0.3 is 0 Å². The molecular formula is C17H18BrF2N. The highest BCUT2D eigenvalue weighted by Crippen LogP contribution is 2.28. The highest BCUT2D eigenvalue weighted by Gasteiger charge is 2.18. The van der Waals surface area contributed by atoms with E-state index < -0.39 is 11.6 Å². The second-order valence-corrected chi connectivity index (χ2v) is 5.82. The molecule has 2 aromatic rings. The summed E-state index contributed by atoms with van der Waals surface area (Å²) in [4.78, 5) is 0. The van der Waals surface area contributed by atoms with E-state index in [1.54, 1.807) is 0 Å². The van der Waals surface area contributed by atoms with E-state index in [9.17, 15) is 8.78 Å². The maximum absolute atomic E-state index is 13.9. The molecule has 0 aromatic heterocycles. The molecule has 1 atom stereocenters. The molecule has 0 amide bonds. The summed E-state index contributed by atoms with van der Waals surface area (Å²) in [5.74, 6) is -0.990. The standard InChI is InChI=1S/C17H18BrF2N/c1-3-21-17(12-6-4-7-14(18)11(12)2)10-13-15(19)8-5-9-16(13)20/h4-9,17,21H,3,10H2,1-2H3. The molecule has 0 aliphatic rings. The van der Waals surface area contributed by atoms with Crippen LogP contribution in [0.1, 0.15) is 29.7 Å². The topological polar surface area (TPSA) is 12.0 Å². The number of benzene rings is 2. The van der Waals surface area contributed by atoms with Crippen molar-refractivity contribution in [3.63, 3.8) is 0 Å². The van der Waals surface area contributed by atoms with Gasteiger partial charge in [0.15, 0.2) is 0 Å². The molecule has 0 aliphatic heterocycles. The molecule has 0 fully saturated rings. The van der Waals surface area contributed by atoms with Gasteiger partial charge in [-0.15, -0.1) is 0 Å². The lowest BCUT2D eigenvalue weighted by Gasteiger charge is -2.21. The molecule has 2 rings (SSSR count). The molecule has 2 aromatic carbocycles. The minimum atomic E-state index is -0.495. The highest BCUT2D eigenvalue weighted by atomic mass is 79.9.